The maximum Gasteiger partial charge on any atom is 0.248 e. The summed E-state index contributed by atoms with van der Waals surface area (Å²) in [5.41, 5.74) is 5.74. The normalized spacial score (nSPS) is 12.2. The molecule has 0 aliphatic carbocycles. The van der Waals surface area contributed by atoms with Crippen molar-refractivity contribution >= 4 is 38.8 Å². The third-order valence-electron chi connectivity index (χ3n) is 2.90. The van der Waals surface area contributed by atoms with Crippen LogP contribution in [0.25, 0.3) is 0 Å². The van der Waals surface area contributed by atoms with Crippen LogP contribution >= 0.6 is 22.9 Å². The van der Waals surface area contributed by atoms with Gasteiger partial charge >= 0.3 is 0 Å². The minimum Gasteiger partial charge on any atom is -0.381 e. The highest BCUT2D eigenvalue weighted by Crippen LogP contribution is 2.26. The second-order valence-corrected chi connectivity index (χ2v) is 8.42. The van der Waals surface area contributed by atoms with E-state index in [-0.39, 0.29) is 17.3 Å². The molecule has 0 aliphatic rings. The number of anilines is 1. The van der Waals surface area contributed by atoms with Crippen LogP contribution in [0.2, 0.25) is 4.34 Å². The van der Waals surface area contributed by atoms with E-state index >= 15 is 0 Å². The summed E-state index contributed by atoms with van der Waals surface area (Å²) in [4.78, 5) is 0.909. The first-order chi connectivity index (χ1) is 9.84. The Morgan fingerprint density at radius 3 is 2.76 bits per heavy atom. The van der Waals surface area contributed by atoms with Crippen LogP contribution in [-0.4, -0.2) is 29.6 Å². The molecule has 2 aromatic rings. The highest BCUT2D eigenvalue weighted by molar-refractivity contribution is 7.89. The molecule has 0 bridgehead atoms. The van der Waals surface area contributed by atoms with Crippen LogP contribution in [0.1, 0.15) is 18.2 Å². The first-order valence-electron chi connectivity index (χ1n) is 6.38. The summed E-state index contributed by atoms with van der Waals surface area (Å²) in [5.74, 6) is 0.0273. The second kappa shape index (κ2) is 6.35. The monoisotopic (exact) mass is 348 g/mol. The molecule has 6 nitrogen and oxygen atoms in total. The van der Waals surface area contributed by atoms with Crippen molar-refractivity contribution in [1.29, 1.82) is 0 Å². The molecule has 0 saturated carbocycles. The lowest BCUT2D eigenvalue weighted by Crippen LogP contribution is -2.26. The van der Waals surface area contributed by atoms with Gasteiger partial charge < -0.3 is 5.73 Å². The standard InChI is InChI=1S/C12H17ClN4O2S2/c1-3-6-17-8-10(12(14)15-17)21(18,19)16(2)7-9-4-5-11(13)20-9/h4-5,8H,3,6-7H2,1-2H3,(H2,14,15). The van der Waals surface area contributed by atoms with E-state index in [0.717, 1.165) is 11.3 Å². The Kier molecular flexibility index (Phi) is 4.92. The van der Waals surface area contributed by atoms with Crippen LogP contribution in [0.5, 0.6) is 0 Å². The van der Waals surface area contributed by atoms with E-state index in [4.69, 9.17) is 17.3 Å². The number of nitrogens with two attached hydrogens (primary N) is 1. The second-order valence-electron chi connectivity index (χ2n) is 4.61. The van der Waals surface area contributed by atoms with E-state index < -0.39 is 10.0 Å². The highest BCUT2D eigenvalue weighted by Gasteiger charge is 2.26. The van der Waals surface area contributed by atoms with Gasteiger partial charge in [0.2, 0.25) is 10.0 Å². The molecule has 0 saturated heterocycles. The lowest BCUT2D eigenvalue weighted by Gasteiger charge is -2.15. The van der Waals surface area contributed by atoms with Crippen LogP contribution < -0.4 is 5.73 Å². The summed E-state index contributed by atoms with van der Waals surface area (Å²) in [6.45, 7) is 2.86. The summed E-state index contributed by atoms with van der Waals surface area (Å²) >= 11 is 7.21. The van der Waals surface area contributed by atoms with Crippen molar-refractivity contribution in [1.82, 2.24) is 14.1 Å². The molecule has 21 heavy (non-hydrogen) atoms. The van der Waals surface area contributed by atoms with E-state index in [1.807, 2.05) is 13.0 Å². The predicted octanol–water partition coefficient (Wildman–Crippen LogP) is 2.41. The molecule has 2 heterocycles. The maximum atomic E-state index is 12.5. The van der Waals surface area contributed by atoms with Gasteiger partial charge in [0.1, 0.15) is 4.90 Å². The molecule has 2 aromatic heterocycles. The molecule has 0 fully saturated rings. The summed E-state index contributed by atoms with van der Waals surface area (Å²) in [6.07, 6.45) is 2.33. The van der Waals surface area contributed by atoms with Crippen molar-refractivity contribution in [2.75, 3.05) is 12.8 Å². The smallest absolute Gasteiger partial charge is 0.248 e. The molecule has 9 heteroatoms. The largest absolute Gasteiger partial charge is 0.381 e. The Hall–Kier alpha value is -1.09. The third-order valence-corrected chi connectivity index (χ3v) is 5.94. The van der Waals surface area contributed by atoms with E-state index in [9.17, 15) is 8.42 Å². The quantitative estimate of drug-likeness (QED) is 0.869. The zero-order valence-electron chi connectivity index (χ0n) is 11.8. The molecular formula is C12H17ClN4O2S2. The number of hydrogen-bond donors (Lipinski definition) is 1. The van der Waals surface area contributed by atoms with Gasteiger partial charge in [0, 0.05) is 31.2 Å². The minimum absolute atomic E-state index is 0.0273. The predicted molar refractivity (Wildman–Crippen MR) is 84.9 cm³/mol. The summed E-state index contributed by atoms with van der Waals surface area (Å²) < 4.78 is 28.5. The first-order valence-corrected chi connectivity index (χ1v) is 9.01. The van der Waals surface area contributed by atoms with Crippen LogP contribution in [-0.2, 0) is 23.1 Å². The molecule has 0 aromatic carbocycles. The Bertz CT molecular complexity index is 723. The topological polar surface area (TPSA) is 81.2 Å². The number of aromatic nitrogens is 2. The summed E-state index contributed by atoms with van der Waals surface area (Å²) in [7, 11) is -2.15. The van der Waals surface area contributed by atoms with Gasteiger partial charge in [-0.1, -0.05) is 18.5 Å². The zero-order chi connectivity index (χ0) is 15.6. The van der Waals surface area contributed by atoms with E-state index in [2.05, 4.69) is 5.10 Å². The van der Waals surface area contributed by atoms with E-state index in [1.54, 1.807) is 10.7 Å². The maximum absolute atomic E-state index is 12.5. The van der Waals surface area contributed by atoms with E-state index in [0.29, 0.717) is 10.9 Å². The molecule has 2 N–H and O–H groups in total. The number of rotatable bonds is 6. The highest BCUT2D eigenvalue weighted by atomic mass is 35.5. The Morgan fingerprint density at radius 2 is 2.19 bits per heavy atom. The number of nitrogen functional groups attached to an aromatic ring is 1. The first kappa shape index (κ1) is 16.3. The van der Waals surface area contributed by atoms with Gasteiger partial charge in [-0.2, -0.15) is 9.40 Å². The number of hydrogen-bond acceptors (Lipinski definition) is 5. The van der Waals surface area contributed by atoms with Crippen molar-refractivity contribution in [3.05, 3.63) is 27.5 Å². The molecule has 0 amide bonds. The fraction of sp³-hybridized carbons (Fsp3) is 0.417. The Balaban J connectivity index is 2.24. The van der Waals surface area contributed by atoms with Gasteiger partial charge in [-0.05, 0) is 18.6 Å². The number of nitrogens with zero attached hydrogens (tertiary/aromatic N) is 3. The molecule has 0 radical (unpaired) electrons. The van der Waals surface area contributed by atoms with Crippen LogP contribution in [0, 0.1) is 0 Å². The fourth-order valence-electron chi connectivity index (χ4n) is 1.87. The Labute approximate surface area is 133 Å². The average molecular weight is 349 g/mol. The van der Waals surface area contributed by atoms with Gasteiger partial charge in [-0.25, -0.2) is 8.42 Å². The molecule has 116 valence electrons. The van der Waals surface area contributed by atoms with Crippen molar-refractivity contribution in [3.63, 3.8) is 0 Å². The number of thiophene rings is 1. The van der Waals surface area contributed by atoms with Crippen LogP contribution in [0.4, 0.5) is 5.82 Å². The molecule has 0 unspecified atom stereocenters. The molecule has 2 rings (SSSR count). The van der Waals surface area contributed by atoms with E-state index in [1.165, 1.54) is 28.9 Å². The number of sulfonamides is 1. The zero-order valence-corrected chi connectivity index (χ0v) is 14.2. The van der Waals surface area contributed by atoms with Crippen molar-refractivity contribution < 1.29 is 8.42 Å². The lowest BCUT2D eigenvalue weighted by molar-refractivity contribution is 0.469. The van der Waals surface area contributed by atoms with Crippen molar-refractivity contribution in [3.8, 4) is 0 Å². The fourth-order valence-corrected chi connectivity index (χ4v) is 4.30. The molecule has 0 spiro atoms. The van der Waals surface area contributed by atoms with Gasteiger partial charge in [-0.15, -0.1) is 11.3 Å². The van der Waals surface area contributed by atoms with Gasteiger partial charge in [0.05, 0.1) is 4.34 Å². The SMILES string of the molecule is CCCn1cc(S(=O)(=O)N(C)Cc2ccc(Cl)s2)c(N)n1. The third kappa shape index (κ3) is 3.57. The summed E-state index contributed by atoms with van der Waals surface area (Å²) in [6, 6.07) is 3.55. The average Bonchev–Trinajstić information content (AvgIpc) is 2.96. The molecule has 0 aliphatic heterocycles. The van der Waals surface area contributed by atoms with Crippen molar-refractivity contribution in [2.45, 2.75) is 31.3 Å². The van der Waals surface area contributed by atoms with Gasteiger partial charge in [0.25, 0.3) is 0 Å². The minimum atomic E-state index is -3.67. The van der Waals surface area contributed by atoms with Crippen LogP contribution in [0.15, 0.2) is 23.2 Å². The number of aryl methyl sites for hydroxylation is 1. The van der Waals surface area contributed by atoms with Gasteiger partial charge in [0.15, 0.2) is 5.82 Å². The molecular weight excluding hydrogens is 332 g/mol. The van der Waals surface area contributed by atoms with Crippen molar-refractivity contribution in [2.24, 2.45) is 0 Å². The van der Waals surface area contributed by atoms with Crippen LogP contribution in [0.3, 0.4) is 0 Å². The van der Waals surface area contributed by atoms with Gasteiger partial charge in [-0.3, -0.25) is 4.68 Å². The number of halogens is 1. The lowest BCUT2D eigenvalue weighted by atomic mass is 10.5. The Morgan fingerprint density at radius 1 is 1.48 bits per heavy atom. The molecule has 0 atom stereocenters. The summed E-state index contributed by atoms with van der Waals surface area (Å²) in [5, 5.41) is 4.03.